The van der Waals surface area contributed by atoms with E-state index in [4.69, 9.17) is 5.26 Å². The van der Waals surface area contributed by atoms with Crippen LogP contribution in [0.1, 0.15) is 25.7 Å². The van der Waals surface area contributed by atoms with Crippen molar-refractivity contribution >= 4 is 12.1 Å². The van der Waals surface area contributed by atoms with Crippen LogP contribution in [0.4, 0.5) is 0 Å². The lowest BCUT2D eigenvalue weighted by molar-refractivity contribution is -0.130. The second-order valence-electron chi connectivity index (χ2n) is 6.59. The van der Waals surface area contributed by atoms with Crippen molar-refractivity contribution in [2.24, 2.45) is 4.99 Å². The van der Waals surface area contributed by atoms with Crippen molar-refractivity contribution in [3.8, 4) is 6.07 Å². The predicted molar refractivity (Wildman–Crippen MR) is 97.8 cm³/mol. The summed E-state index contributed by atoms with van der Waals surface area (Å²) in [6, 6.07) is 2.34. The number of carbonyl (C=O) groups excluding carboxylic acids is 1. The van der Waals surface area contributed by atoms with Gasteiger partial charge in [-0.25, -0.2) is 4.99 Å². The summed E-state index contributed by atoms with van der Waals surface area (Å²) in [5, 5.41) is 12.5. The Labute approximate surface area is 149 Å². The van der Waals surface area contributed by atoms with Crippen LogP contribution in [0.3, 0.4) is 0 Å². The maximum atomic E-state index is 12.3. The van der Waals surface area contributed by atoms with E-state index in [2.05, 4.69) is 21.3 Å². The minimum atomic E-state index is -0.234. The number of allylic oxidation sites excluding steroid dienone is 5. The highest BCUT2D eigenvalue weighted by atomic mass is 16.2. The molecule has 1 amide bonds. The molecule has 0 radical (unpaired) electrons. The van der Waals surface area contributed by atoms with Gasteiger partial charge < -0.3 is 15.1 Å². The van der Waals surface area contributed by atoms with Crippen LogP contribution < -0.4 is 5.32 Å². The lowest BCUT2D eigenvalue weighted by Crippen LogP contribution is -2.47. The van der Waals surface area contributed by atoms with Crippen LogP contribution in [0.15, 0.2) is 41.2 Å². The van der Waals surface area contributed by atoms with Gasteiger partial charge in [-0.1, -0.05) is 18.2 Å². The summed E-state index contributed by atoms with van der Waals surface area (Å²) in [6.07, 6.45) is 15.5. The topological polar surface area (TPSA) is 71.7 Å². The Bertz CT molecular complexity index is 635. The van der Waals surface area contributed by atoms with Gasteiger partial charge in [0.25, 0.3) is 0 Å². The zero-order valence-electron chi connectivity index (χ0n) is 14.5. The number of carbonyl (C=O) groups is 1. The molecule has 6 nitrogen and oxygen atoms in total. The molecule has 1 atom stereocenters. The van der Waals surface area contributed by atoms with Crippen molar-refractivity contribution in [3.05, 3.63) is 36.2 Å². The van der Waals surface area contributed by atoms with Gasteiger partial charge in [0, 0.05) is 31.9 Å². The van der Waals surface area contributed by atoms with E-state index in [1.54, 1.807) is 4.90 Å². The number of nitriles is 1. The molecule has 0 spiro atoms. The average Bonchev–Trinajstić information content (AvgIpc) is 3.09. The Balaban J connectivity index is 1.44. The molecule has 2 saturated heterocycles. The van der Waals surface area contributed by atoms with Crippen LogP contribution in [-0.2, 0) is 4.79 Å². The molecule has 3 aliphatic heterocycles. The Morgan fingerprint density at radius 2 is 2.00 bits per heavy atom. The molecule has 0 aromatic heterocycles. The number of nitrogens with zero attached hydrogens (tertiary/aromatic N) is 4. The monoisotopic (exact) mass is 339 g/mol. The molecular weight excluding hydrogens is 314 g/mol. The van der Waals surface area contributed by atoms with Crippen LogP contribution in [0, 0.1) is 11.3 Å². The first-order valence-electron chi connectivity index (χ1n) is 9.03. The van der Waals surface area contributed by atoms with Crippen LogP contribution in [0.5, 0.6) is 0 Å². The van der Waals surface area contributed by atoms with Gasteiger partial charge in [0.05, 0.1) is 12.6 Å². The third-order valence-corrected chi connectivity index (χ3v) is 4.95. The van der Waals surface area contributed by atoms with Crippen molar-refractivity contribution < 1.29 is 4.79 Å². The van der Waals surface area contributed by atoms with Gasteiger partial charge in [-0.3, -0.25) is 4.79 Å². The first-order chi connectivity index (χ1) is 12.3. The second kappa shape index (κ2) is 8.63. The SMILES string of the molecule is N#C[C@@H]1CCCN1C(=O)CNC1CCN(C2=CC=CC=CC=N2)CC1. The Hall–Kier alpha value is -2.39. The van der Waals surface area contributed by atoms with Crippen LogP contribution in [0.25, 0.3) is 0 Å². The standard InChI is InChI=1S/C19H25N5O/c20-14-17-6-5-11-24(17)19(25)15-22-16-8-12-23(13-9-16)18-7-3-1-2-4-10-21-18/h1-4,7,10,16-17,22H,5-6,8-9,11-13,15H2/t17-/m0/s1. The van der Waals surface area contributed by atoms with E-state index in [0.717, 1.165) is 44.6 Å². The minimum Gasteiger partial charge on any atom is -0.357 e. The molecule has 0 saturated carbocycles. The molecule has 132 valence electrons. The van der Waals surface area contributed by atoms with Gasteiger partial charge in [0.2, 0.25) is 5.91 Å². The highest BCUT2D eigenvalue weighted by Crippen LogP contribution is 2.18. The van der Waals surface area contributed by atoms with Crippen LogP contribution in [0.2, 0.25) is 0 Å². The van der Waals surface area contributed by atoms with Gasteiger partial charge >= 0.3 is 0 Å². The molecule has 2 fully saturated rings. The van der Waals surface area contributed by atoms with E-state index < -0.39 is 0 Å². The van der Waals surface area contributed by atoms with Crippen LogP contribution in [-0.4, -0.2) is 60.2 Å². The largest absolute Gasteiger partial charge is 0.357 e. The molecule has 0 bridgehead atoms. The fraction of sp³-hybridized carbons (Fsp3) is 0.526. The van der Waals surface area contributed by atoms with Crippen LogP contribution >= 0.6 is 0 Å². The molecule has 0 aromatic carbocycles. The molecule has 25 heavy (non-hydrogen) atoms. The first kappa shape index (κ1) is 17.4. The third kappa shape index (κ3) is 4.58. The molecule has 3 aliphatic rings. The molecule has 0 aliphatic carbocycles. The van der Waals surface area contributed by atoms with E-state index in [1.807, 2.05) is 36.6 Å². The highest BCUT2D eigenvalue weighted by molar-refractivity contribution is 5.79. The maximum absolute atomic E-state index is 12.3. The van der Waals surface area contributed by atoms with Gasteiger partial charge in [-0.15, -0.1) is 0 Å². The van der Waals surface area contributed by atoms with Gasteiger partial charge in [-0.05, 0) is 37.8 Å². The number of hydrogen-bond donors (Lipinski definition) is 1. The van der Waals surface area contributed by atoms with E-state index in [0.29, 0.717) is 19.1 Å². The summed E-state index contributed by atoms with van der Waals surface area (Å²) < 4.78 is 0. The third-order valence-electron chi connectivity index (χ3n) is 4.95. The number of rotatable bonds is 4. The van der Waals surface area contributed by atoms with Gasteiger partial charge in [0.1, 0.15) is 11.9 Å². The fourth-order valence-corrected chi connectivity index (χ4v) is 3.51. The van der Waals surface area contributed by atoms with E-state index in [9.17, 15) is 4.79 Å². The minimum absolute atomic E-state index is 0.0516. The van der Waals surface area contributed by atoms with E-state index >= 15 is 0 Å². The molecule has 3 heterocycles. The first-order valence-corrected chi connectivity index (χ1v) is 9.03. The molecule has 3 rings (SSSR count). The van der Waals surface area contributed by atoms with Crippen molar-refractivity contribution in [2.45, 2.75) is 37.8 Å². The van der Waals surface area contributed by atoms with E-state index in [1.165, 1.54) is 0 Å². The lowest BCUT2D eigenvalue weighted by atomic mass is 10.0. The quantitative estimate of drug-likeness (QED) is 0.844. The fourth-order valence-electron chi connectivity index (χ4n) is 3.51. The van der Waals surface area contributed by atoms with Gasteiger partial charge in [0.15, 0.2) is 0 Å². The zero-order valence-corrected chi connectivity index (χ0v) is 14.5. The lowest BCUT2D eigenvalue weighted by Gasteiger charge is -2.34. The molecule has 6 heteroatoms. The molecule has 0 aromatic rings. The molecule has 1 N–H and O–H groups in total. The van der Waals surface area contributed by atoms with E-state index in [-0.39, 0.29) is 11.9 Å². The van der Waals surface area contributed by atoms with Crippen molar-refractivity contribution in [1.29, 1.82) is 5.26 Å². The average molecular weight is 339 g/mol. The summed E-state index contributed by atoms with van der Waals surface area (Å²) in [5.74, 6) is 1.04. The number of aliphatic imine (C=N–C) groups is 1. The summed E-state index contributed by atoms with van der Waals surface area (Å²) >= 11 is 0. The second-order valence-corrected chi connectivity index (χ2v) is 6.59. The normalized spacial score (nSPS) is 24.0. The maximum Gasteiger partial charge on any atom is 0.237 e. The Morgan fingerprint density at radius 3 is 2.80 bits per heavy atom. The molecule has 0 unspecified atom stereocenters. The molecular formula is C19H25N5O. The highest BCUT2D eigenvalue weighted by Gasteiger charge is 2.29. The number of likely N-dealkylation sites (tertiary alicyclic amines) is 2. The number of piperidine rings is 1. The van der Waals surface area contributed by atoms with Crippen molar-refractivity contribution in [2.75, 3.05) is 26.2 Å². The number of hydrogen-bond acceptors (Lipinski definition) is 5. The summed E-state index contributed by atoms with van der Waals surface area (Å²) in [5.41, 5.74) is 0. The number of amides is 1. The van der Waals surface area contributed by atoms with Gasteiger partial charge in [-0.2, -0.15) is 5.26 Å². The summed E-state index contributed by atoms with van der Waals surface area (Å²) in [4.78, 5) is 20.8. The summed E-state index contributed by atoms with van der Waals surface area (Å²) in [6.45, 7) is 2.90. The Morgan fingerprint density at radius 1 is 1.20 bits per heavy atom. The summed E-state index contributed by atoms with van der Waals surface area (Å²) in [7, 11) is 0. The number of nitrogens with one attached hydrogen (secondary N) is 1. The van der Waals surface area contributed by atoms with Crippen molar-refractivity contribution in [3.63, 3.8) is 0 Å². The smallest absolute Gasteiger partial charge is 0.237 e. The van der Waals surface area contributed by atoms with Crippen molar-refractivity contribution in [1.82, 2.24) is 15.1 Å². The Kier molecular flexibility index (Phi) is 6.02. The predicted octanol–water partition coefficient (Wildman–Crippen LogP) is 1.59. The zero-order chi connectivity index (χ0) is 17.5.